The van der Waals surface area contributed by atoms with E-state index in [1.54, 1.807) is 6.92 Å². The van der Waals surface area contributed by atoms with Gasteiger partial charge in [0.2, 0.25) is 5.91 Å². The van der Waals surface area contributed by atoms with Crippen molar-refractivity contribution in [3.05, 3.63) is 0 Å². The Balaban J connectivity index is 1.89. The number of carboxylic acid groups (broad SMARTS) is 1. The lowest BCUT2D eigenvalue weighted by molar-refractivity contribution is -0.150. The zero-order valence-electron chi connectivity index (χ0n) is 11.5. The molecule has 6 heteroatoms. The Morgan fingerprint density at radius 2 is 1.84 bits per heavy atom. The molecule has 2 fully saturated rings. The van der Waals surface area contributed by atoms with Crippen molar-refractivity contribution < 1.29 is 14.7 Å². The lowest BCUT2D eigenvalue weighted by Crippen LogP contribution is -2.58. The van der Waals surface area contributed by atoms with Crippen LogP contribution in [0.25, 0.3) is 0 Å². The predicted molar refractivity (Wildman–Crippen MR) is 70.6 cm³/mol. The second-order valence-electron chi connectivity index (χ2n) is 5.68. The highest BCUT2D eigenvalue weighted by atomic mass is 16.4. The number of nitrogens with zero attached hydrogens (tertiary/aromatic N) is 2. The van der Waals surface area contributed by atoms with Gasteiger partial charge in [0, 0.05) is 32.7 Å². The third kappa shape index (κ3) is 2.60. The van der Waals surface area contributed by atoms with Gasteiger partial charge in [0.05, 0.1) is 5.41 Å². The summed E-state index contributed by atoms with van der Waals surface area (Å²) in [7, 11) is 0. The summed E-state index contributed by atoms with van der Waals surface area (Å²) in [6.45, 7) is 4.58. The van der Waals surface area contributed by atoms with Crippen LogP contribution in [0.1, 0.15) is 26.2 Å². The first kappa shape index (κ1) is 14.3. The largest absolute Gasteiger partial charge is 0.480 e. The molecule has 1 saturated heterocycles. The van der Waals surface area contributed by atoms with E-state index in [0.29, 0.717) is 32.7 Å². The fraction of sp³-hybridized carbons (Fsp3) is 0.846. The van der Waals surface area contributed by atoms with Crippen molar-refractivity contribution in [1.29, 1.82) is 0 Å². The van der Waals surface area contributed by atoms with Gasteiger partial charge >= 0.3 is 5.97 Å². The Morgan fingerprint density at radius 1 is 1.26 bits per heavy atom. The van der Waals surface area contributed by atoms with Crippen LogP contribution in [0.4, 0.5) is 0 Å². The quantitative estimate of drug-likeness (QED) is 0.734. The molecule has 1 atom stereocenters. The SMILES string of the molecule is CC(C(=O)O)N1CCN(C(=O)C2(CN)CCC2)CC1. The van der Waals surface area contributed by atoms with Gasteiger partial charge in [0.25, 0.3) is 0 Å². The van der Waals surface area contributed by atoms with Crippen LogP contribution in [0.5, 0.6) is 0 Å². The van der Waals surface area contributed by atoms with Gasteiger partial charge in [-0.1, -0.05) is 6.42 Å². The Bertz CT molecular complexity index is 355. The first-order valence-electron chi connectivity index (χ1n) is 6.96. The number of rotatable bonds is 4. The van der Waals surface area contributed by atoms with E-state index in [2.05, 4.69) is 0 Å². The number of amides is 1. The van der Waals surface area contributed by atoms with Crippen LogP contribution < -0.4 is 5.73 Å². The Labute approximate surface area is 113 Å². The molecule has 19 heavy (non-hydrogen) atoms. The van der Waals surface area contributed by atoms with Gasteiger partial charge in [-0.2, -0.15) is 0 Å². The molecule has 3 N–H and O–H groups in total. The van der Waals surface area contributed by atoms with E-state index in [9.17, 15) is 9.59 Å². The molecular weight excluding hydrogens is 246 g/mol. The van der Waals surface area contributed by atoms with Crippen molar-refractivity contribution in [2.45, 2.75) is 32.2 Å². The molecule has 0 bridgehead atoms. The summed E-state index contributed by atoms with van der Waals surface area (Å²) >= 11 is 0. The zero-order valence-corrected chi connectivity index (χ0v) is 11.5. The minimum atomic E-state index is -0.808. The van der Waals surface area contributed by atoms with E-state index >= 15 is 0 Å². The van der Waals surface area contributed by atoms with Gasteiger partial charge in [-0.15, -0.1) is 0 Å². The monoisotopic (exact) mass is 269 g/mol. The highest BCUT2D eigenvalue weighted by Crippen LogP contribution is 2.41. The fourth-order valence-corrected chi connectivity index (χ4v) is 2.91. The van der Waals surface area contributed by atoms with E-state index in [0.717, 1.165) is 19.3 Å². The van der Waals surface area contributed by atoms with Crippen molar-refractivity contribution in [2.24, 2.45) is 11.1 Å². The number of nitrogens with two attached hydrogens (primary N) is 1. The van der Waals surface area contributed by atoms with Crippen molar-refractivity contribution in [1.82, 2.24) is 9.80 Å². The molecule has 0 aromatic carbocycles. The number of hydrogen-bond donors (Lipinski definition) is 2. The molecule has 1 heterocycles. The number of carbonyl (C=O) groups is 2. The summed E-state index contributed by atoms with van der Waals surface area (Å²) in [6, 6.07) is -0.482. The summed E-state index contributed by atoms with van der Waals surface area (Å²) in [6.07, 6.45) is 2.88. The van der Waals surface area contributed by atoms with Crippen molar-refractivity contribution in [3.8, 4) is 0 Å². The number of carbonyl (C=O) groups excluding carboxylic acids is 1. The fourth-order valence-electron chi connectivity index (χ4n) is 2.91. The highest BCUT2D eigenvalue weighted by Gasteiger charge is 2.45. The van der Waals surface area contributed by atoms with E-state index < -0.39 is 12.0 Å². The van der Waals surface area contributed by atoms with Gasteiger partial charge in [-0.05, 0) is 19.8 Å². The standard InChI is InChI=1S/C13H23N3O3/c1-10(11(17)18)15-5-7-16(8-6-15)12(19)13(9-14)3-2-4-13/h10H,2-9,14H2,1H3,(H,17,18). The lowest BCUT2D eigenvalue weighted by atomic mass is 9.67. The van der Waals surface area contributed by atoms with Crippen LogP contribution in [0.15, 0.2) is 0 Å². The van der Waals surface area contributed by atoms with Crippen molar-refractivity contribution >= 4 is 11.9 Å². The molecular formula is C13H23N3O3. The molecule has 0 radical (unpaired) electrons. The first-order valence-corrected chi connectivity index (χ1v) is 6.96. The maximum atomic E-state index is 12.5. The normalized spacial score (nSPS) is 24.6. The average molecular weight is 269 g/mol. The molecule has 1 aliphatic heterocycles. The van der Waals surface area contributed by atoms with Gasteiger partial charge in [0.15, 0.2) is 0 Å². The first-order chi connectivity index (χ1) is 9.00. The van der Waals surface area contributed by atoms with Crippen LogP contribution in [-0.2, 0) is 9.59 Å². The number of hydrogen-bond acceptors (Lipinski definition) is 4. The second kappa shape index (κ2) is 5.46. The molecule has 0 aromatic heterocycles. The van der Waals surface area contributed by atoms with Crippen LogP contribution in [0, 0.1) is 5.41 Å². The van der Waals surface area contributed by atoms with E-state index in [1.807, 2.05) is 9.80 Å². The smallest absolute Gasteiger partial charge is 0.320 e. The van der Waals surface area contributed by atoms with E-state index in [4.69, 9.17) is 10.8 Å². The van der Waals surface area contributed by atoms with Gasteiger partial charge in [-0.25, -0.2) is 0 Å². The number of carboxylic acids is 1. The summed E-state index contributed by atoms with van der Waals surface area (Å²) < 4.78 is 0. The molecule has 2 aliphatic rings. The average Bonchev–Trinajstić information content (AvgIpc) is 2.37. The Morgan fingerprint density at radius 3 is 2.21 bits per heavy atom. The van der Waals surface area contributed by atoms with Crippen LogP contribution in [0.2, 0.25) is 0 Å². The van der Waals surface area contributed by atoms with Crippen LogP contribution >= 0.6 is 0 Å². The molecule has 0 spiro atoms. The Kier molecular flexibility index (Phi) is 4.10. The second-order valence-corrected chi connectivity index (χ2v) is 5.68. The van der Waals surface area contributed by atoms with Gasteiger partial charge in [0.1, 0.15) is 6.04 Å². The molecule has 0 aromatic rings. The molecule has 1 saturated carbocycles. The summed E-state index contributed by atoms with van der Waals surface area (Å²) in [5.41, 5.74) is 5.44. The topological polar surface area (TPSA) is 86.9 Å². The van der Waals surface area contributed by atoms with Gasteiger partial charge in [-0.3, -0.25) is 14.5 Å². The van der Waals surface area contributed by atoms with Crippen molar-refractivity contribution in [3.63, 3.8) is 0 Å². The third-order valence-electron chi connectivity index (χ3n) is 4.66. The number of aliphatic carboxylic acids is 1. The third-order valence-corrected chi connectivity index (χ3v) is 4.66. The highest BCUT2D eigenvalue weighted by molar-refractivity contribution is 5.84. The Hall–Kier alpha value is -1.14. The predicted octanol–water partition coefficient (Wildman–Crippen LogP) is -0.267. The number of piperazine rings is 1. The summed E-state index contributed by atoms with van der Waals surface area (Å²) in [5, 5.41) is 8.99. The lowest BCUT2D eigenvalue weighted by Gasteiger charge is -2.45. The summed E-state index contributed by atoms with van der Waals surface area (Å²) in [4.78, 5) is 27.2. The molecule has 108 valence electrons. The van der Waals surface area contributed by atoms with Crippen molar-refractivity contribution in [2.75, 3.05) is 32.7 Å². The minimum absolute atomic E-state index is 0.170. The molecule has 1 unspecified atom stereocenters. The van der Waals surface area contributed by atoms with E-state index in [1.165, 1.54) is 0 Å². The summed E-state index contributed by atoms with van der Waals surface area (Å²) in [5.74, 6) is -0.638. The van der Waals surface area contributed by atoms with Crippen LogP contribution in [-0.4, -0.2) is 65.5 Å². The van der Waals surface area contributed by atoms with E-state index in [-0.39, 0.29) is 11.3 Å². The van der Waals surface area contributed by atoms with Gasteiger partial charge < -0.3 is 15.7 Å². The molecule has 1 aliphatic carbocycles. The maximum absolute atomic E-state index is 12.5. The zero-order chi connectivity index (χ0) is 14.0. The van der Waals surface area contributed by atoms with Crippen LogP contribution in [0.3, 0.4) is 0 Å². The molecule has 6 nitrogen and oxygen atoms in total. The minimum Gasteiger partial charge on any atom is -0.480 e. The maximum Gasteiger partial charge on any atom is 0.320 e. The molecule has 2 rings (SSSR count). The molecule has 1 amide bonds.